The average Bonchev–Trinajstić information content (AvgIpc) is 2.82. The van der Waals surface area contributed by atoms with Crippen molar-refractivity contribution in [1.29, 1.82) is 0 Å². The van der Waals surface area contributed by atoms with Crippen molar-refractivity contribution < 1.29 is 14.6 Å². The molecule has 0 bridgehead atoms. The first-order valence-corrected chi connectivity index (χ1v) is 10.3. The number of benzene rings is 4. The molecule has 164 valence electrons. The highest BCUT2D eigenvalue weighted by Crippen LogP contribution is 2.31. The van der Waals surface area contributed by atoms with Crippen LogP contribution in [0.4, 0.5) is 0 Å². The van der Waals surface area contributed by atoms with Gasteiger partial charge in [0, 0.05) is 12.6 Å². The zero-order valence-electron chi connectivity index (χ0n) is 18.0. The Hall–Kier alpha value is -3.34. The van der Waals surface area contributed by atoms with Crippen molar-refractivity contribution in [3.63, 3.8) is 0 Å². The zero-order valence-corrected chi connectivity index (χ0v) is 18.9. The van der Waals surface area contributed by atoms with Crippen LogP contribution in [0.3, 0.4) is 0 Å². The molecule has 4 nitrogen and oxygen atoms in total. The SMILES string of the molecule is COc1cccc([C@@H](C)NCc2cc(-c3cccc(C(=O)O)c3)c3ccccc3c2)c1.Cl. The Morgan fingerprint density at radius 2 is 1.75 bits per heavy atom. The number of rotatable bonds is 7. The van der Waals surface area contributed by atoms with E-state index in [-0.39, 0.29) is 24.0 Å². The van der Waals surface area contributed by atoms with Crippen LogP contribution in [0, 0.1) is 0 Å². The number of carboxylic acids is 1. The van der Waals surface area contributed by atoms with Gasteiger partial charge in [-0.05, 0) is 76.3 Å². The third-order valence-electron chi connectivity index (χ3n) is 5.55. The zero-order chi connectivity index (χ0) is 21.8. The van der Waals surface area contributed by atoms with Crippen LogP contribution >= 0.6 is 12.4 Å². The van der Waals surface area contributed by atoms with E-state index in [0.717, 1.165) is 38.8 Å². The fourth-order valence-corrected chi connectivity index (χ4v) is 3.83. The smallest absolute Gasteiger partial charge is 0.335 e. The Morgan fingerprint density at radius 3 is 2.53 bits per heavy atom. The van der Waals surface area contributed by atoms with Crippen molar-refractivity contribution in [1.82, 2.24) is 5.32 Å². The Balaban J connectivity index is 0.00000289. The second-order valence-electron chi connectivity index (χ2n) is 7.63. The summed E-state index contributed by atoms with van der Waals surface area (Å²) in [6.45, 7) is 2.82. The molecule has 0 heterocycles. The number of aromatic carboxylic acids is 1. The number of hydrogen-bond acceptors (Lipinski definition) is 3. The van der Waals surface area contributed by atoms with Gasteiger partial charge in [-0.15, -0.1) is 12.4 Å². The van der Waals surface area contributed by atoms with E-state index < -0.39 is 5.97 Å². The van der Waals surface area contributed by atoms with Crippen LogP contribution < -0.4 is 10.1 Å². The van der Waals surface area contributed by atoms with Gasteiger partial charge in [-0.3, -0.25) is 0 Å². The molecule has 0 amide bonds. The number of fused-ring (bicyclic) bond motifs is 1. The van der Waals surface area contributed by atoms with E-state index in [1.807, 2.05) is 36.4 Å². The second kappa shape index (κ2) is 10.3. The van der Waals surface area contributed by atoms with Crippen LogP contribution in [0.15, 0.2) is 84.9 Å². The highest BCUT2D eigenvalue weighted by Gasteiger charge is 2.11. The van der Waals surface area contributed by atoms with Crippen molar-refractivity contribution >= 4 is 29.1 Å². The topological polar surface area (TPSA) is 58.6 Å². The molecule has 0 fully saturated rings. The monoisotopic (exact) mass is 447 g/mol. The van der Waals surface area contributed by atoms with Crippen molar-refractivity contribution in [2.75, 3.05) is 7.11 Å². The van der Waals surface area contributed by atoms with Crippen molar-refractivity contribution in [3.8, 4) is 16.9 Å². The highest BCUT2D eigenvalue weighted by atomic mass is 35.5. The van der Waals surface area contributed by atoms with Gasteiger partial charge in [0.05, 0.1) is 12.7 Å². The molecule has 0 saturated heterocycles. The van der Waals surface area contributed by atoms with Gasteiger partial charge in [0.1, 0.15) is 5.75 Å². The lowest BCUT2D eigenvalue weighted by atomic mass is 9.94. The molecule has 4 aromatic carbocycles. The van der Waals surface area contributed by atoms with Gasteiger partial charge in [0.2, 0.25) is 0 Å². The van der Waals surface area contributed by atoms with Gasteiger partial charge >= 0.3 is 5.97 Å². The average molecular weight is 448 g/mol. The van der Waals surface area contributed by atoms with Gasteiger partial charge in [0.25, 0.3) is 0 Å². The van der Waals surface area contributed by atoms with Crippen LogP contribution in [0.2, 0.25) is 0 Å². The molecule has 0 aliphatic rings. The first-order valence-electron chi connectivity index (χ1n) is 10.3. The minimum atomic E-state index is -0.920. The van der Waals surface area contributed by atoms with Crippen LogP contribution in [0.25, 0.3) is 21.9 Å². The van der Waals surface area contributed by atoms with Crippen LogP contribution in [0.5, 0.6) is 5.75 Å². The maximum Gasteiger partial charge on any atom is 0.335 e. The van der Waals surface area contributed by atoms with E-state index >= 15 is 0 Å². The van der Waals surface area contributed by atoms with E-state index in [1.165, 1.54) is 0 Å². The predicted molar refractivity (Wildman–Crippen MR) is 132 cm³/mol. The standard InChI is InChI=1S/C27H25NO3.ClH/c1-18(20-8-6-11-24(16-20)31-2)28-17-19-13-21-7-3-4-12-25(21)26(14-19)22-9-5-10-23(15-22)27(29)30;/h3-16,18,28H,17H2,1-2H3,(H,29,30);1H/t18-;/m1./s1. The summed E-state index contributed by atoms with van der Waals surface area (Å²) >= 11 is 0. The lowest BCUT2D eigenvalue weighted by molar-refractivity contribution is 0.0697. The molecule has 0 unspecified atom stereocenters. The van der Waals surface area contributed by atoms with Crippen molar-refractivity contribution in [2.45, 2.75) is 19.5 Å². The second-order valence-corrected chi connectivity index (χ2v) is 7.63. The Labute approximate surface area is 194 Å². The molecule has 0 spiro atoms. The summed E-state index contributed by atoms with van der Waals surface area (Å²) < 4.78 is 5.34. The number of ether oxygens (including phenoxy) is 1. The van der Waals surface area contributed by atoms with Gasteiger partial charge in [-0.1, -0.05) is 48.5 Å². The summed E-state index contributed by atoms with van der Waals surface area (Å²) in [5.74, 6) is -0.0754. The van der Waals surface area contributed by atoms with E-state index in [2.05, 4.69) is 42.6 Å². The minimum Gasteiger partial charge on any atom is -0.497 e. The maximum absolute atomic E-state index is 11.5. The molecular weight excluding hydrogens is 422 g/mol. The number of methoxy groups -OCH3 is 1. The van der Waals surface area contributed by atoms with Crippen LogP contribution in [0.1, 0.15) is 34.5 Å². The van der Waals surface area contributed by atoms with Gasteiger partial charge in [-0.2, -0.15) is 0 Å². The molecule has 1 atom stereocenters. The Morgan fingerprint density at radius 1 is 0.969 bits per heavy atom. The molecule has 2 N–H and O–H groups in total. The molecule has 5 heteroatoms. The molecule has 0 aliphatic heterocycles. The summed E-state index contributed by atoms with van der Waals surface area (Å²) in [7, 11) is 1.67. The fraction of sp³-hybridized carbons (Fsp3) is 0.148. The Kier molecular flexibility index (Phi) is 7.52. The first kappa shape index (κ1) is 23.3. The lowest BCUT2D eigenvalue weighted by Crippen LogP contribution is -2.18. The normalized spacial score (nSPS) is 11.6. The minimum absolute atomic E-state index is 0. The molecule has 32 heavy (non-hydrogen) atoms. The third kappa shape index (κ3) is 5.10. The van der Waals surface area contributed by atoms with Crippen LogP contribution in [-0.4, -0.2) is 18.2 Å². The summed E-state index contributed by atoms with van der Waals surface area (Å²) in [6, 6.07) is 27.9. The highest BCUT2D eigenvalue weighted by molar-refractivity contribution is 5.98. The molecule has 0 aliphatic carbocycles. The molecular formula is C27H26ClNO3. The van der Waals surface area contributed by atoms with Crippen LogP contribution in [-0.2, 0) is 6.54 Å². The predicted octanol–water partition coefficient (Wildman–Crippen LogP) is 6.49. The van der Waals surface area contributed by atoms with Crippen molar-refractivity contribution in [2.24, 2.45) is 0 Å². The maximum atomic E-state index is 11.5. The number of halogens is 1. The summed E-state index contributed by atoms with van der Waals surface area (Å²) in [5, 5.41) is 15.2. The lowest BCUT2D eigenvalue weighted by Gasteiger charge is -2.17. The molecule has 4 aromatic rings. The quantitative estimate of drug-likeness (QED) is 0.340. The van der Waals surface area contributed by atoms with Gasteiger partial charge in [0.15, 0.2) is 0 Å². The van der Waals surface area contributed by atoms with Gasteiger partial charge < -0.3 is 15.2 Å². The largest absolute Gasteiger partial charge is 0.497 e. The van der Waals surface area contributed by atoms with E-state index in [0.29, 0.717) is 6.54 Å². The first-order chi connectivity index (χ1) is 15.0. The van der Waals surface area contributed by atoms with E-state index in [1.54, 1.807) is 25.3 Å². The number of carboxylic acid groups (broad SMARTS) is 1. The fourth-order valence-electron chi connectivity index (χ4n) is 3.83. The van der Waals surface area contributed by atoms with Crippen molar-refractivity contribution in [3.05, 3.63) is 102 Å². The van der Waals surface area contributed by atoms with E-state index in [4.69, 9.17) is 4.74 Å². The third-order valence-corrected chi connectivity index (χ3v) is 5.55. The number of nitrogens with one attached hydrogen (secondary N) is 1. The summed E-state index contributed by atoms with van der Waals surface area (Å²) in [4.78, 5) is 11.5. The Bertz CT molecular complexity index is 1240. The molecule has 0 radical (unpaired) electrons. The molecule has 0 saturated carbocycles. The number of hydrogen-bond donors (Lipinski definition) is 2. The molecule has 4 rings (SSSR count). The molecule has 0 aromatic heterocycles. The van der Waals surface area contributed by atoms with Gasteiger partial charge in [-0.25, -0.2) is 4.79 Å². The van der Waals surface area contributed by atoms with E-state index in [9.17, 15) is 9.90 Å². The summed E-state index contributed by atoms with van der Waals surface area (Å²) in [5.41, 5.74) is 4.53. The summed E-state index contributed by atoms with van der Waals surface area (Å²) in [6.07, 6.45) is 0. The number of carbonyl (C=O) groups is 1.